The van der Waals surface area contributed by atoms with Gasteiger partial charge in [-0.15, -0.1) is 0 Å². The fourth-order valence-electron chi connectivity index (χ4n) is 1.02. The second-order valence-electron chi connectivity index (χ2n) is 2.84. The van der Waals surface area contributed by atoms with Crippen molar-refractivity contribution in [3.8, 4) is 5.75 Å². The molecule has 0 spiro atoms. The number of halogens is 1. The second kappa shape index (κ2) is 5.32. The maximum Gasteiger partial charge on any atom is 0.312 e. The molecule has 0 saturated heterocycles. The van der Waals surface area contributed by atoms with E-state index in [4.69, 9.17) is 21.4 Å². The van der Waals surface area contributed by atoms with E-state index in [2.05, 4.69) is 0 Å². The first kappa shape index (κ1) is 12.3. The maximum atomic E-state index is 10.6. The van der Waals surface area contributed by atoms with Crippen molar-refractivity contribution in [2.45, 2.75) is 6.42 Å². The number of nitrogens with zero attached hydrogens (tertiary/aromatic N) is 1. The molecule has 16 heavy (non-hydrogen) atoms. The van der Waals surface area contributed by atoms with Gasteiger partial charge < -0.3 is 9.84 Å². The molecule has 0 fully saturated rings. The van der Waals surface area contributed by atoms with Crippen molar-refractivity contribution in [1.29, 1.82) is 0 Å². The summed E-state index contributed by atoms with van der Waals surface area (Å²) >= 11 is 5.71. The zero-order valence-electron chi connectivity index (χ0n) is 8.05. The first-order valence-electron chi connectivity index (χ1n) is 4.30. The average molecular weight is 246 g/mol. The third kappa shape index (κ3) is 3.09. The van der Waals surface area contributed by atoms with Gasteiger partial charge in [-0.3, -0.25) is 14.9 Å². The van der Waals surface area contributed by atoms with Gasteiger partial charge in [-0.1, -0.05) is 17.7 Å². The van der Waals surface area contributed by atoms with Gasteiger partial charge in [0.2, 0.25) is 5.75 Å². The Hall–Kier alpha value is -1.82. The number of ether oxygens (including phenoxy) is 1. The van der Waals surface area contributed by atoms with E-state index in [1.807, 2.05) is 0 Å². The third-order valence-corrected chi connectivity index (χ3v) is 2.00. The molecule has 1 rings (SSSR count). The van der Waals surface area contributed by atoms with Gasteiger partial charge in [0.05, 0.1) is 23.0 Å². The molecule has 0 radical (unpaired) electrons. The van der Waals surface area contributed by atoms with Crippen molar-refractivity contribution in [3.63, 3.8) is 0 Å². The van der Waals surface area contributed by atoms with E-state index in [-0.39, 0.29) is 29.5 Å². The zero-order valence-corrected chi connectivity index (χ0v) is 8.81. The standard InChI is InChI=1S/C9H8ClNO5/c10-6-2-1-3-7(11(14)15)9(6)16-5-4-8(12)13/h1-3H,4-5H2,(H,12,13). The van der Waals surface area contributed by atoms with Crippen LogP contribution in [0.4, 0.5) is 5.69 Å². The molecule has 0 atom stereocenters. The van der Waals surface area contributed by atoms with Crippen LogP contribution in [0.5, 0.6) is 5.75 Å². The van der Waals surface area contributed by atoms with E-state index in [1.165, 1.54) is 18.2 Å². The van der Waals surface area contributed by atoms with Gasteiger partial charge in [-0.25, -0.2) is 0 Å². The lowest BCUT2D eigenvalue weighted by atomic mass is 10.3. The van der Waals surface area contributed by atoms with Crippen molar-refractivity contribution in [2.24, 2.45) is 0 Å². The Kier molecular flexibility index (Phi) is 4.07. The highest BCUT2D eigenvalue weighted by Gasteiger charge is 2.18. The summed E-state index contributed by atoms with van der Waals surface area (Å²) < 4.78 is 4.99. The molecule has 6 nitrogen and oxygen atoms in total. The Morgan fingerprint density at radius 1 is 1.56 bits per heavy atom. The number of benzene rings is 1. The topological polar surface area (TPSA) is 89.7 Å². The van der Waals surface area contributed by atoms with Crippen LogP contribution in [0.1, 0.15) is 6.42 Å². The summed E-state index contributed by atoms with van der Waals surface area (Å²) in [5, 5.41) is 19.1. The number of rotatable bonds is 5. The van der Waals surface area contributed by atoms with Crippen LogP contribution in [0.2, 0.25) is 5.02 Å². The van der Waals surface area contributed by atoms with Crippen LogP contribution in [-0.2, 0) is 4.79 Å². The average Bonchev–Trinajstić information content (AvgIpc) is 2.19. The van der Waals surface area contributed by atoms with Gasteiger partial charge in [-0.05, 0) is 6.07 Å². The van der Waals surface area contributed by atoms with E-state index in [0.717, 1.165) is 0 Å². The lowest BCUT2D eigenvalue weighted by molar-refractivity contribution is -0.385. The second-order valence-corrected chi connectivity index (χ2v) is 3.24. The molecule has 0 bridgehead atoms. The monoisotopic (exact) mass is 245 g/mol. The molecule has 0 heterocycles. The molecular weight excluding hydrogens is 238 g/mol. The smallest absolute Gasteiger partial charge is 0.312 e. The van der Waals surface area contributed by atoms with Gasteiger partial charge in [0.1, 0.15) is 0 Å². The highest BCUT2D eigenvalue weighted by Crippen LogP contribution is 2.34. The Bertz CT molecular complexity index is 420. The van der Waals surface area contributed by atoms with Gasteiger partial charge in [0.15, 0.2) is 0 Å². The number of carbonyl (C=O) groups is 1. The van der Waals surface area contributed by atoms with Gasteiger partial charge in [0.25, 0.3) is 0 Å². The lowest BCUT2D eigenvalue weighted by Crippen LogP contribution is -2.06. The SMILES string of the molecule is O=C(O)CCOc1c(Cl)cccc1[N+](=O)[O-]. The minimum absolute atomic E-state index is 0.0830. The molecule has 7 heteroatoms. The van der Waals surface area contributed by atoms with Crippen molar-refractivity contribution in [1.82, 2.24) is 0 Å². The Morgan fingerprint density at radius 2 is 2.25 bits per heavy atom. The predicted molar refractivity (Wildman–Crippen MR) is 55.9 cm³/mol. The normalized spacial score (nSPS) is 9.81. The zero-order chi connectivity index (χ0) is 12.1. The summed E-state index contributed by atoms with van der Waals surface area (Å²) in [6.45, 7) is -0.167. The number of hydrogen-bond donors (Lipinski definition) is 1. The first-order chi connectivity index (χ1) is 7.52. The molecule has 0 aliphatic carbocycles. The van der Waals surface area contributed by atoms with Crippen molar-refractivity contribution in [3.05, 3.63) is 33.3 Å². The molecule has 0 unspecified atom stereocenters. The van der Waals surface area contributed by atoms with E-state index in [1.54, 1.807) is 0 Å². The number of para-hydroxylation sites is 1. The Labute approximate surface area is 95.6 Å². The van der Waals surface area contributed by atoms with Crippen LogP contribution < -0.4 is 4.74 Å². The summed E-state index contributed by atoms with van der Waals surface area (Å²) in [6, 6.07) is 4.09. The number of nitro benzene ring substituents is 1. The van der Waals surface area contributed by atoms with Crippen LogP contribution in [0.15, 0.2) is 18.2 Å². The third-order valence-electron chi connectivity index (χ3n) is 1.71. The quantitative estimate of drug-likeness (QED) is 0.634. The van der Waals surface area contributed by atoms with Crippen LogP contribution in [0.25, 0.3) is 0 Å². The fraction of sp³-hybridized carbons (Fsp3) is 0.222. The van der Waals surface area contributed by atoms with Crippen LogP contribution in [-0.4, -0.2) is 22.6 Å². The summed E-state index contributed by atoms with van der Waals surface area (Å²) in [4.78, 5) is 20.2. The highest BCUT2D eigenvalue weighted by atomic mass is 35.5. The van der Waals surface area contributed by atoms with Gasteiger partial charge in [-0.2, -0.15) is 0 Å². The van der Waals surface area contributed by atoms with E-state index in [9.17, 15) is 14.9 Å². The van der Waals surface area contributed by atoms with Crippen molar-refractivity contribution in [2.75, 3.05) is 6.61 Å². The van der Waals surface area contributed by atoms with E-state index in [0.29, 0.717) is 0 Å². The first-order valence-corrected chi connectivity index (χ1v) is 4.67. The minimum Gasteiger partial charge on any atom is -0.485 e. The molecular formula is C9H8ClNO5. The summed E-state index contributed by atoms with van der Waals surface area (Å²) in [5.74, 6) is -1.15. The molecule has 0 amide bonds. The molecule has 0 aliphatic rings. The molecule has 0 aliphatic heterocycles. The maximum absolute atomic E-state index is 10.6. The highest BCUT2D eigenvalue weighted by molar-refractivity contribution is 6.32. The number of aliphatic carboxylic acids is 1. The summed E-state index contributed by atoms with van der Waals surface area (Å²) in [6.07, 6.45) is -0.248. The Balaban J connectivity index is 2.84. The molecule has 1 aromatic rings. The number of nitro groups is 1. The molecule has 0 aromatic heterocycles. The summed E-state index contributed by atoms with van der Waals surface area (Å²) in [5.41, 5.74) is -0.280. The van der Waals surface area contributed by atoms with Crippen LogP contribution in [0.3, 0.4) is 0 Å². The van der Waals surface area contributed by atoms with Gasteiger partial charge in [0, 0.05) is 6.07 Å². The summed E-state index contributed by atoms with van der Waals surface area (Å²) in [7, 11) is 0. The minimum atomic E-state index is -1.05. The fourth-order valence-corrected chi connectivity index (χ4v) is 1.25. The van der Waals surface area contributed by atoms with Crippen LogP contribution in [0, 0.1) is 10.1 Å². The largest absolute Gasteiger partial charge is 0.485 e. The van der Waals surface area contributed by atoms with Gasteiger partial charge >= 0.3 is 11.7 Å². The molecule has 1 N–H and O–H groups in total. The molecule has 1 aromatic carbocycles. The van der Waals surface area contributed by atoms with Crippen molar-refractivity contribution >= 4 is 23.3 Å². The van der Waals surface area contributed by atoms with Crippen LogP contribution >= 0.6 is 11.6 Å². The van der Waals surface area contributed by atoms with Crippen molar-refractivity contribution < 1.29 is 19.6 Å². The number of carboxylic acid groups (broad SMARTS) is 1. The van der Waals surface area contributed by atoms with E-state index < -0.39 is 10.9 Å². The molecule has 0 saturated carbocycles. The van der Waals surface area contributed by atoms with E-state index >= 15 is 0 Å². The molecule has 86 valence electrons. The number of hydrogen-bond acceptors (Lipinski definition) is 4. The lowest BCUT2D eigenvalue weighted by Gasteiger charge is -2.06. The predicted octanol–water partition coefficient (Wildman–Crippen LogP) is 2.10. The number of carboxylic acids is 1. The Morgan fingerprint density at radius 3 is 2.81 bits per heavy atom.